The highest BCUT2D eigenvalue weighted by Gasteiger charge is 2.20. The summed E-state index contributed by atoms with van der Waals surface area (Å²) in [5.41, 5.74) is 6.69. The molecule has 136 valence electrons. The lowest BCUT2D eigenvalue weighted by atomic mass is 10.1. The zero-order chi connectivity index (χ0) is 17.9. The Labute approximate surface area is 154 Å². The minimum atomic E-state index is -3.24. The molecule has 25 heavy (non-hydrogen) atoms. The molecule has 0 aliphatic heterocycles. The molecule has 0 aromatic heterocycles. The van der Waals surface area contributed by atoms with Gasteiger partial charge in [0.1, 0.15) is 5.82 Å². The molecule has 2 aromatic carbocycles. The quantitative estimate of drug-likeness (QED) is 0.776. The summed E-state index contributed by atoms with van der Waals surface area (Å²) in [5, 5.41) is 6.02. The van der Waals surface area contributed by atoms with Crippen LogP contribution >= 0.6 is 12.4 Å². The average Bonchev–Trinajstić information content (AvgIpc) is 2.52. The highest BCUT2D eigenvalue weighted by Crippen LogP contribution is 2.23. The van der Waals surface area contributed by atoms with Crippen LogP contribution in [0.3, 0.4) is 0 Å². The number of hydrogen-bond donors (Lipinski definition) is 2. The fraction of sp³-hybridized carbons (Fsp3) is 0.222. The van der Waals surface area contributed by atoms with Crippen LogP contribution in [0, 0.1) is 11.7 Å². The van der Waals surface area contributed by atoms with E-state index in [1.54, 1.807) is 36.4 Å². The molecular weight excluding hydrogens is 363 g/mol. The molecule has 2 aromatic rings. The van der Waals surface area contributed by atoms with E-state index in [1.807, 2.05) is 13.8 Å². The number of carbonyl (C=O) groups is 1. The number of halogens is 2. The Morgan fingerprint density at radius 3 is 2.20 bits per heavy atom. The minimum Gasteiger partial charge on any atom is -0.365 e. The minimum absolute atomic E-state index is 0. The topological polar surface area (TPSA) is 86.2 Å². The van der Waals surface area contributed by atoms with Crippen LogP contribution in [-0.2, 0) is 14.5 Å². The van der Waals surface area contributed by atoms with E-state index in [0.29, 0.717) is 16.0 Å². The summed E-state index contributed by atoms with van der Waals surface area (Å²) >= 11 is 0. The van der Waals surface area contributed by atoms with Crippen LogP contribution in [0.4, 0.5) is 4.39 Å². The molecule has 0 saturated carbocycles. The van der Waals surface area contributed by atoms with Crippen molar-refractivity contribution in [1.29, 1.82) is 0 Å². The van der Waals surface area contributed by atoms with E-state index in [9.17, 15) is 13.4 Å². The lowest BCUT2D eigenvalue weighted by molar-refractivity contribution is -0.111. The molecule has 4 nitrogen and oxygen atoms in total. The summed E-state index contributed by atoms with van der Waals surface area (Å²) in [4.78, 5) is 12.1. The van der Waals surface area contributed by atoms with E-state index < -0.39 is 15.6 Å². The summed E-state index contributed by atoms with van der Waals surface area (Å²) in [6.07, 6.45) is 0.259. The number of nitrogens with two attached hydrogens (primary N) is 2. The van der Waals surface area contributed by atoms with Crippen LogP contribution in [0.25, 0.3) is 11.1 Å². The van der Waals surface area contributed by atoms with Crippen LogP contribution < -0.4 is 10.9 Å². The van der Waals surface area contributed by atoms with Crippen molar-refractivity contribution < 1.29 is 13.4 Å². The van der Waals surface area contributed by atoms with Gasteiger partial charge in [0.25, 0.3) is 5.91 Å². The van der Waals surface area contributed by atoms with Gasteiger partial charge in [-0.3, -0.25) is 9.93 Å². The van der Waals surface area contributed by atoms with E-state index in [1.165, 1.54) is 12.1 Å². The second-order valence-electron chi connectivity index (χ2n) is 6.02. The van der Waals surface area contributed by atoms with Gasteiger partial charge in [-0.15, -0.1) is 12.4 Å². The molecule has 0 saturated heterocycles. The first-order chi connectivity index (χ1) is 11.2. The first-order valence-electron chi connectivity index (χ1n) is 7.55. The zero-order valence-electron chi connectivity index (χ0n) is 14.1. The van der Waals surface area contributed by atoms with Gasteiger partial charge in [0.15, 0.2) is 0 Å². The highest BCUT2D eigenvalue weighted by atomic mass is 35.5. The largest absolute Gasteiger partial charge is 0.365 e. The molecule has 2 rings (SSSR count). The normalized spacial score (nSPS) is 13.0. The Kier molecular flexibility index (Phi) is 7.17. The van der Waals surface area contributed by atoms with Gasteiger partial charge in [-0.2, -0.15) is 0 Å². The second kappa shape index (κ2) is 8.47. The van der Waals surface area contributed by atoms with Crippen LogP contribution in [-0.4, -0.2) is 15.0 Å². The summed E-state index contributed by atoms with van der Waals surface area (Å²) in [6, 6.07) is 12.7. The molecule has 0 heterocycles. The van der Waals surface area contributed by atoms with E-state index in [0.717, 1.165) is 0 Å². The Bertz CT molecular complexity index is 890. The summed E-state index contributed by atoms with van der Waals surface area (Å²) in [7, 11) is -3.24. The maximum absolute atomic E-state index is 13.4. The van der Waals surface area contributed by atoms with Crippen molar-refractivity contribution in [2.45, 2.75) is 25.2 Å². The number of carbonyl (C=O) groups excluding carboxylic acids is 1. The summed E-state index contributed by atoms with van der Waals surface area (Å²) < 4.78 is 26.5. The number of rotatable bonds is 5. The molecule has 0 bridgehead atoms. The molecular formula is C18H22ClFN2O2S. The number of hydrogen-bond acceptors (Lipinski definition) is 2. The van der Waals surface area contributed by atoms with Crippen molar-refractivity contribution in [3.63, 3.8) is 0 Å². The van der Waals surface area contributed by atoms with Crippen molar-refractivity contribution in [3.8, 4) is 11.1 Å². The molecule has 7 heteroatoms. The Hall–Kier alpha value is -1.89. The lowest BCUT2D eigenvalue weighted by Crippen LogP contribution is -2.35. The van der Waals surface area contributed by atoms with E-state index in [2.05, 4.69) is 0 Å². The van der Waals surface area contributed by atoms with Crippen LogP contribution in [0.1, 0.15) is 20.3 Å². The third kappa shape index (κ3) is 5.04. The van der Waals surface area contributed by atoms with Crippen molar-refractivity contribution in [2.24, 2.45) is 16.8 Å². The first kappa shape index (κ1) is 21.2. The van der Waals surface area contributed by atoms with Gasteiger partial charge in [0, 0.05) is 4.90 Å². The fourth-order valence-electron chi connectivity index (χ4n) is 2.42. The van der Waals surface area contributed by atoms with Gasteiger partial charge < -0.3 is 5.73 Å². The molecule has 0 aliphatic carbocycles. The summed E-state index contributed by atoms with van der Waals surface area (Å²) in [6.45, 7) is 3.78. The fourth-order valence-corrected chi connectivity index (χ4v) is 4.17. The van der Waals surface area contributed by atoms with Crippen molar-refractivity contribution >= 4 is 32.9 Å². The van der Waals surface area contributed by atoms with Gasteiger partial charge in [-0.1, -0.05) is 38.1 Å². The van der Waals surface area contributed by atoms with E-state index in [-0.39, 0.29) is 35.4 Å². The number of benzene rings is 2. The summed E-state index contributed by atoms with van der Waals surface area (Å²) in [5.74, 6) is -1.04. The Morgan fingerprint density at radius 2 is 1.68 bits per heavy atom. The van der Waals surface area contributed by atoms with Crippen LogP contribution in [0.5, 0.6) is 0 Å². The number of primary amides is 1. The van der Waals surface area contributed by atoms with Crippen molar-refractivity contribution in [1.82, 2.24) is 0 Å². The van der Waals surface area contributed by atoms with Crippen LogP contribution in [0.2, 0.25) is 0 Å². The van der Waals surface area contributed by atoms with Gasteiger partial charge in [0.05, 0.1) is 14.6 Å². The molecule has 0 aliphatic rings. The predicted molar refractivity (Wildman–Crippen MR) is 103 cm³/mol. The third-order valence-corrected chi connectivity index (χ3v) is 5.63. The standard InChI is InChI=1S/C18H21FN2O2S.ClH/c1-12(2)9-17(18(20)22)24(21,23)16-8-4-6-14(11-16)13-5-3-7-15(19)10-13;/h3-8,10-12H,9H2,1-2H3,(H2,20,22)(H2,21,23);1H. The highest BCUT2D eigenvalue weighted by molar-refractivity contribution is 8.01. The molecule has 1 amide bonds. The second-order valence-corrected chi connectivity index (χ2v) is 8.19. The maximum atomic E-state index is 13.4. The van der Waals surface area contributed by atoms with E-state index in [4.69, 9.17) is 10.9 Å². The maximum Gasteiger partial charge on any atom is 0.254 e. The molecule has 0 radical (unpaired) electrons. The van der Waals surface area contributed by atoms with E-state index >= 15 is 0 Å². The van der Waals surface area contributed by atoms with Crippen LogP contribution in [0.15, 0.2) is 53.4 Å². The average molecular weight is 385 g/mol. The SMILES string of the molecule is CC(C)CC(C(N)=O)=S(N)(=O)c1cccc(-c2cccc(F)c2)c1.Cl. The Morgan fingerprint density at radius 1 is 1.12 bits per heavy atom. The smallest absolute Gasteiger partial charge is 0.254 e. The lowest BCUT2D eigenvalue weighted by Gasteiger charge is -2.14. The van der Waals surface area contributed by atoms with Crippen molar-refractivity contribution in [3.05, 3.63) is 54.3 Å². The zero-order valence-corrected chi connectivity index (χ0v) is 15.7. The van der Waals surface area contributed by atoms with Crippen molar-refractivity contribution in [2.75, 3.05) is 0 Å². The van der Waals surface area contributed by atoms with Gasteiger partial charge in [0.2, 0.25) is 0 Å². The molecule has 4 N–H and O–H groups in total. The first-order valence-corrected chi connectivity index (χ1v) is 9.17. The van der Waals surface area contributed by atoms with Gasteiger partial charge >= 0.3 is 0 Å². The third-order valence-electron chi connectivity index (χ3n) is 3.58. The Balaban J connectivity index is 0.00000312. The number of amides is 1. The monoisotopic (exact) mass is 384 g/mol. The molecule has 1 unspecified atom stereocenters. The van der Waals surface area contributed by atoms with Gasteiger partial charge in [-0.25, -0.2) is 8.60 Å². The molecule has 1 atom stereocenters. The molecule has 0 fully saturated rings. The predicted octanol–water partition coefficient (Wildman–Crippen LogP) is 3.14. The van der Waals surface area contributed by atoms with Gasteiger partial charge in [-0.05, 0) is 47.7 Å². The molecule has 0 spiro atoms.